The molecule has 0 saturated carbocycles. The topological polar surface area (TPSA) is 71.3 Å². The van der Waals surface area contributed by atoms with Crippen LogP contribution < -0.4 is 11.0 Å². The number of fused-ring (bicyclic) bond motifs is 3. The molecule has 2 N–H and O–H groups in total. The lowest BCUT2D eigenvalue weighted by molar-refractivity contribution is 0.100. The van der Waals surface area contributed by atoms with Gasteiger partial charge in [0.25, 0.3) is 11.5 Å². The van der Waals surface area contributed by atoms with Crippen LogP contribution in [0.4, 0.5) is 0 Å². The van der Waals surface area contributed by atoms with Crippen molar-refractivity contribution in [3.8, 4) is 5.88 Å². The van der Waals surface area contributed by atoms with E-state index in [-0.39, 0.29) is 5.88 Å². The maximum Gasteiger partial charge on any atom is 0.281 e. The van der Waals surface area contributed by atoms with Crippen LogP contribution in [0.5, 0.6) is 5.88 Å². The van der Waals surface area contributed by atoms with Gasteiger partial charge in [-0.25, -0.2) is 0 Å². The number of nitrogens with one attached hydrogen (secondary N) is 1. The average Bonchev–Trinajstić information content (AvgIpc) is 2.80. The largest absolute Gasteiger partial charge is 0.493 e. The van der Waals surface area contributed by atoms with Gasteiger partial charge >= 0.3 is 0 Å². The highest BCUT2D eigenvalue weighted by Gasteiger charge is 2.19. The van der Waals surface area contributed by atoms with Crippen LogP contribution in [0.1, 0.15) is 10.4 Å². The number of carbonyl (C=O) groups excluding carboxylic acids is 1. The van der Waals surface area contributed by atoms with E-state index in [1.165, 1.54) is 0 Å². The Morgan fingerprint density at radius 1 is 0.958 bits per heavy atom. The van der Waals surface area contributed by atoms with E-state index in [1.54, 1.807) is 30.3 Å². The van der Waals surface area contributed by atoms with E-state index in [4.69, 9.17) is 0 Å². The minimum absolute atomic E-state index is 0.266. The molecule has 0 radical (unpaired) electrons. The molecule has 24 heavy (non-hydrogen) atoms. The Labute approximate surface area is 144 Å². The van der Waals surface area contributed by atoms with Gasteiger partial charge in [-0.15, -0.1) is 0 Å². The van der Waals surface area contributed by atoms with Crippen molar-refractivity contribution in [3.63, 3.8) is 0 Å². The molecular weight excluding hydrogens is 372 g/mol. The molecule has 1 aromatic heterocycles. The monoisotopic (exact) mass is 382 g/mol. The fourth-order valence-corrected chi connectivity index (χ4v) is 3.09. The zero-order valence-corrected chi connectivity index (χ0v) is 13.9. The smallest absolute Gasteiger partial charge is 0.281 e. The van der Waals surface area contributed by atoms with Crippen molar-refractivity contribution in [2.45, 2.75) is 0 Å². The third-order valence-electron chi connectivity index (χ3n) is 3.99. The average molecular weight is 383 g/mol. The number of amides is 1. The molecule has 5 aromatic rings. The van der Waals surface area contributed by atoms with E-state index >= 15 is 0 Å². The van der Waals surface area contributed by atoms with Gasteiger partial charge in [0, 0.05) is 10.0 Å². The fourth-order valence-electron chi connectivity index (χ4n) is 2.83. The molecule has 1 amide bonds. The zero-order chi connectivity index (χ0) is 16.8. The standard InChI is InChI=1S/C18H11BrN2O3/c19-13-8-6-12(7-9-13)16(22)20-21-17(23)14-10-2-1-3-11(5-4-10)15(14)18(21)24/h1-9,23H,(H,20,22). The molecule has 5 nitrogen and oxygen atoms in total. The summed E-state index contributed by atoms with van der Waals surface area (Å²) >= 11 is 3.30. The number of carbonyl (C=O) groups is 1. The predicted molar refractivity (Wildman–Crippen MR) is 96.4 cm³/mol. The summed E-state index contributed by atoms with van der Waals surface area (Å²) in [6.07, 6.45) is 0. The van der Waals surface area contributed by atoms with Crippen molar-refractivity contribution < 1.29 is 9.90 Å². The quantitative estimate of drug-likeness (QED) is 0.557. The Kier molecular flexibility index (Phi) is 3.28. The zero-order valence-electron chi connectivity index (χ0n) is 12.3. The summed E-state index contributed by atoms with van der Waals surface area (Å²) in [6, 6.07) is 15.8. The third-order valence-corrected chi connectivity index (χ3v) is 4.52. The van der Waals surface area contributed by atoms with Crippen LogP contribution in [0.2, 0.25) is 0 Å². The van der Waals surface area contributed by atoms with Gasteiger partial charge in [-0.2, -0.15) is 4.68 Å². The van der Waals surface area contributed by atoms with Gasteiger partial charge in [0.2, 0.25) is 5.88 Å². The molecule has 1 heterocycles. The first-order valence-corrected chi connectivity index (χ1v) is 8.01. The maximum absolute atomic E-state index is 12.7. The number of halogens is 1. The molecule has 4 aromatic carbocycles. The number of benzene rings is 2. The van der Waals surface area contributed by atoms with Crippen molar-refractivity contribution in [1.29, 1.82) is 0 Å². The third kappa shape index (κ3) is 2.15. The lowest BCUT2D eigenvalue weighted by Crippen LogP contribution is -2.30. The number of aromatic hydroxyl groups is 1. The second kappa shape index (κ2) is 5.35. The summed E-state index contributed by atoms with van der Waals surface area (Å²) in [6.45, 7) is 0. The molecule has 6 heteroatoms. The summed E-state index contributed by atoms with van der Waals surface area (Å²) in [5, 5.41) is 12.7. The van der Waals surface area contributed by atoms with E-state index in [2.05, 4.69) is 21.4 Å². The molecule has 0 aliphatic rings. The van der Waals surface area contributed by atoms with Crippen LogP contribution in [0.15, 0.2) is 63.9 Å². The van der Waals surface area contributed by atoms with Crippen LogP contribution in [0, 0.1) is 0 Å². The van der Waals surface area contributed by atoms with Crippen molar-refractivity contribution in [2.24, 2.45) is 0 Å². The molecule has 0 aliphatic heterocycles. The lowest BCUT2D eigenvalue weighted by Gasteiger charge is -2.06. The fraction of sp³-hybridized carbons (Fsp3) is 0. The molecule has 118 valence electrons. The minimum Gasteiger partial charge on any atom is -0.493 e. The van der Waals surface area contributed by atoms with Crippen LogP contribution in [0.25, 0.3) is 21.5 Å². The van der Waals surface area contributed by atoms with Gasteiger partial charge in [0.15, 0.2) is 0 Å². The van der Waals surface area contributed by atoms with E-state index in [0.717, 1.165) is 14.5 Å². The molecular formula is C18H11BrN2O3. The first-order chi connectivity index (χ1) is 11.6. The van der Waals surface area contributed by atoms with Crippen molar-refractivity contribution in [3.05, 3.63) is 75.0 Å². The maximum atomic E-state index is 12.7. The molecule has 0 saturated heterocycles. The molecule has 0 atom stereocenters. The van der Waals surface area contributed by atoms with E-state index in [0.29, 0.717) is 21.7 Å². The van der Waals surface area contributed by atoms with Gasteiger partial charge < -0.3 is 5.11 Å². The molecule has 0 fully saturated rings. The molecule has 0 unspecified atom stereocenters. The predicted octanol–water partition coefficient (Wildman–Crippen LogP) is 3.44. The Balaban J connectivity index is 1.86. The number of nitrogens with zero attached hydrogens (tertiary/aromatic N) is 1. The highest BCUT2D eigenvalue weighted by atomic mass is 79.9. The summed E-state index contributed by atoms with van der Waals surface area (Å²) in [4.78, 5) is 25.0. The van der Waals surface area contributed by atoms with Gasteiger partial charge in [-0.1, -0.05) is 46.3 Å². The molecule has 0 spiro atoms. The number of aromatic nitrogens is 1. The van der Waals surface area contributed by atoms with E-state index in [1.807, 2.05) is 24.3 Å². The van der Waals surface area contributed by atoms with Gasteiger partial charge in [0.05, 0.1) is 10.8 Å². The lowest BCUT2D eigenvalue weighted by atomic mass is 10.1. The van der Waals surface area contributed by atoms with E-state index < -0.39 is 11.5 Å². The Hall–Kier alpha value is -2.86. The second-order valence-corrected chi connectivity index (χ2v) is 6.35. The summed E-state index contributed by atoms with van der Waals surface area (Å²) in [5.41, 5.74) is 2.40. The SMILES string of the molecule is O=C(Nn1c(O)c2c3cccc(cc3)c2c1=O)c1ccc(Br)cc1. The second-order valence-electron chi connectivity index (χ2n) is 5.43. The Morgan fingerprint density at radius 2 is 1.58 bits per heavy atom. The van der Waals surface area contributed by atoms with Crippen molar-refractivity contribution in [2.75, 3.05) is 5.43 Å². The van der Waals surface area contributed by atoms with Crippen molar-refractivity contribution >= 4 is 43.4 Å². The minimum atomic E-state index is -0.477. The first kappa shape index (κ1) is 14.7. The summed E-state index contributed by atoms with van der Waals surface area (Å²) in [5.74, 6) is -0.743. The summed E-state index contributed by atoms with van der Waals surface area (Å²) < 4.78 is 1.74. The van der Waals surface area contributed by atoms with E-state index in [9.17, 15) is 14.7 Å². The highest BCUT2D eigenvalue weighted by molar-refractivity contribution is 9.10. The van der Waals surface area contributed by atoms with Crippen LogP contribution in [-0.4, -0.2) is 15.7 Å². The van der Waals surface area contributed by atoms with Crippen LogP contribution in [-0.2, 0) is 0 Å². The normalized spacial score (nSPS) is 11.2. The van der Waals surface area contributed by atoms with Gasteiger partial charge in [-0.3, -0.25) is 15.0 Å². The van der Waals surface area contributed by atoms with Crippen LogP contribution >= 0.6 is 15.9 Å². The number of hydrogen-bond donors (Lipinski definition) is 2. The Morgan fingerprint density at radius 3 is 2.25 bits per heavy atom. The number of hydrogen-bond acceptors (Lipinski definition) is 3. The van der Waals surface area contributed by atoms with Gasteiger partial charge in [-0.05, 0) is 35.0 Å². The Bertz CT molecular complexity index is 1120. The molecule has 2 bridgehead atoms. The highest BCUT2D eigenvalue weighted by Crippen LogP contribution is 2.31. The van der Waals surface area contributed by atoms with Crippen LogP contribution in [0.3, 0.4) is 0 Å². The van der Waals surface area contributed by atoms with Gasteiger partial charge in [0.1, 0.15) is 0 Å². The molecule has 0 aliphatic carbocycles. The molecule has 5 rings (SSSR count). The first-order valence-electron chi connectivity index (χ1n) is 7.22. The number of rotatable bonds is 2. The van der Waals surface area contributed by atoms with Crippen molar-refractivity contribution in [1.82, 2.24) is 4.68 Å². The summed E-state index contributed by atoms with van der Waals surface area (Å²) in [7, 11) is 0.